The van der Waals surface area contributed by atoms with E-state index in [4.69, 9.17) is 9.82 Å². The van der Waals surface area contributed by atoms with E-state index in [-0.39, 0.29) is 41.7 Å². The molecule has 4 heterocycles. The van der Waals surface area contributed by atoms with E-state index in [1.807, 2.05) is 43.9 Å². The molecule has 1 atom stereocenters. The number of anilines is 1. The van der Waals surface area contributed by atoms with Gasteiger partial charge in [0.1, 0.15) is 11.4 Å². The van der Waals surface area contributed by atoms with Gasteiger partial charge in [0.15, 0.2) is 11.2 Å². The fraction of sp³-hybridized carbons (Fsp3) is 0.433. The first kappa shape index (κ1) is 29.6. The molecule has 0 spiro atoms. The molecular formula is C30H34N8O5. The normalized spacial score (nSPS) is 15.3. The fourth-order valence-electron chi connectivity index (χ4n) is 5.27. The Morgan fingerprint density at radius 1 is 1.19 bits per heavy atom. The van der Waals surface area contributed by atoms with E-state index < -0.39 is 16.9 Å². The van der Waals surface area contributed by atoms with Gasteiger partial charge in [0.25, 0.3) is 11.6 Å². The molecule has 1 saturated heterocycles. The van der Waals surface area contributed by atoms with Crippen LogP contribution < -0.4 is 16.1 Å². The van der Waals surface area contributed by atoms with Crippen LogP contribution in [-0.4, -0.2) is 64.8 Å². The highest BCUT2D eigenvalue weighted by molar-refractivity contribution is 5.80. The molecule has 0 unspecified atom stereocenters. The van der Waals surface area contributed by atoms with Crippen LogP contribution in [0.15, 0.2) is 45.0 Å². The number of aromatic hydroxyl groups is 1. The molecule has 13 heteroatoms. The van der Waals surface area contributed by atoms with Crippen LogP contribution in [0.25, 0.3) is 22.1 Å². The van der Waals surface area contributed by atoms with Crippen molar-refractivity contribution in [1.82, 2.24) is 28.8 Å². The molecular weight excluding hydrogens is 552 g/mol. The van der Waals surface area contributed by atoms with E-state index in [1.54, 1.807) is 36.8 Å². The van der Waals surface area contributed by atoms with E-state index in [9.17, 15) is 19.5 Å². The maximum absolute atomic E-state index is 14.0. The molecule has 43 heavy (non-hydrogen) atoms. The number of aryl methyl sites for hydroxylation is 1. The molecule has 0 amide bonds. The third kappa shape index (κ3) is 5.88. The van der Waals surface area contributed by atoms with Crippen molar-refractivity contribution in [3.63, 3.8) is 0 Å². The van der Waals surface area contributed by atoms with E-state index in [1.165, 1.54) is 9.74 Å². The zero-order valence-corrected chi connectivity index (χ0v) is 24.9. The van der Waals surface area contributed by atoms with Gasteiger partial charge in [-0.25, -0.2) is 19.4 Å². The summed E-state index contributed by atoms with van der Waals surface area (Å²) in [6.45, 7) is 8.23. The average molecular weight is 587 g/mol. The van der Waals surface area contributed by atoms with Crippen molar-refractivity contribution >= 4 is 34.1 Å². The highest BCUT2D eigenvalue weighted by Crippen LogP contribution is 2.27. The topological polar surface area (TPSA) is 140 Å². The lowest BCUT2D eigenvalue weighted by Gasteiger charge is -2.38. The van der Waals surface area contributed by atoms with Crippen LogP contribution in [0.4, 0.5) is 5.95 Å². The Labute approximate surface area is 247 Å². The molecule has 13 nitrogen and oxygen atoms in total. The molecule has 0 aliphatic carbocycles. The van der Waals surface area contributed by atoms with Crippen LogP contribution in [0.2, 0.25) is 0 Å². The number of pyridine rings is 1. The number of fused-ring (bicyclic) bond motifs is 2. The molecule has 1 aliphatic rings. The van der Waals surface area contributed by atoms with Crippen LogP contribution in [0.5, 0.6) is 5.75 Å². The molecule has 224 valence electrons. The molecule has 1 aromatic carbocycles. The van der Waals surface area contributed by atoms with Gasteiger partial charge in [-0.3, -0.25) is 18.5 Å². The van der Waals surface area contributed by atoms with Gasteiger partial charge in [-0.1, -0.05) is 29.2 Å². The Hall–Kier alpha value is -4.92. The maximum atomic E-state index is 14.0. The Balaban J connectivity index is 1.61. The minimum Gasteiger partial charge on any atom is -0.506 e. The summed E-state index contributed by atoms with van der Waals surface area (Å²) in [5, 5.41) is 16.5. The predicted octanol–water partition coefficient (Wildman–Crippen LogP) is 2.47. The number of imidazole rings is 1. The second-order valence-corrected chi connectivity index (χ2v) is 11.4. The fourth-order valence-corrected chi connectivity index (χ4v) is 5.27. The zero-order valence-electron chi connectivity index (χ0n) is 24.9. The molecule has 0 saturated carbocycles. The van der Waals surface area contributed by atoms with Crippen molar-refractivity contribution < 1.29 is 14.7 Å². The van der Waals surface area contributed by atoms with Crippen LogP contribution >= 0.6 is 0 Å². The molecule has 5 rings (SSSR count). The van der Waals surface area contributed by atoms with Crippen molar-refractivity contribution in [1.29, 1.82) is 0 Å². The van der Waals surface area contributed by atoms with Gasteiger partial charge in [-0.2, -0.15) is 10.2 Å². The third-order valence-corrected chi connectivity index (χ3v) is 7.21. The minimum absolute atomic E-state index is 0.113. The number of carbonyl (C=O) groups excluding carboxylic acids is 1. The summed E-state index contributed by atoms with van der Waals surface area (Å²) in [6.07, 6.45) is 3.02. The van der Waals surface area contributed by atoms with Crippen molar-refractivity contribution in [3.8, 4) is 17.6 Å². The van der Waals surface area contributed by atoms with Gasteiger partial charge in [-0.15, -0.1) is 5.92 Å². The summed E-state index contributed by atoms with van der Waals surface area (Å²) < 4.78 is 4.08. The monoisotopic (exact) mass is 586 g/mol. The van der Waals surface area contributed by atoms with Crippen molar-refractivity contribution in [2.24, 2.45) is 12.1 Å². The summed E-state index contributed by atoms with van der Waals surface area (Å²) in [5.41, 5.74) is -0.501. The van der Waals surface area contributed by atoms with Gasteiger partial charge >= 0.3 is 5.69 Å². The first-order chi connectivity index (χ1) is 20.5. The van der Waals surface area contributed by atoms with E-state index in [0.717, 1.165) is 16.4 Å². The van der Waals surface area contributed by atoms with Crippen LogP contribution in [0, 0.1) is 11.8 Å². The Bertz CT molecular complexity index is 1920. The average Bonchev–Trinajstić information content (AvgIpc) is 3.36. The lowest BCUT2D eigenvalue weighted by atomic mass is 10.1. The largest absolute Gasteiger partial charge is 0.506 e. The second-order valence-electron chi connectivity index (χ2n) is 11.4. The smallest absolute Gasteiger partial charge is 0.332 e. The quantitative estimate of drug-likeness (QED) is 0.150. The van der Waals surface area contributed by atoms with Crippen molar-refractivity contribution in [3.05, 3.63) is 56.9 Å². The summed E-state index contributed by atoms with van der Waals surface area (Å²) in [6, 6.07) is 8.56. The summed E-state index contributed by atoms with van der Waals surface area (Å²) in [5.74, 6) is 6.24. The lowest BCUT2D eigenvalue weighted by Crippen LogP contribution is -2.48. The second kappa shape index (κ2) is 11.8. The van der Waals surface area contributed by atoms with Gasteiger partial charge in [0.2, 0.25) is 5.95 Å². The number of hydrogen-bond acceptors (Lipinski definition) is 10. The summed E-state index contributed by atoms with van der Waals surface area (Å²) >= 11 is 0. The molecule has 0 bridgehead atoms. The number of isocyanates is 1. The number of para-hydroxylation sites is 1. The van der Waals surface area contributed by atoms with Crippen molar-refractivity contribution in [2.45, 2.75) is 65.3 Å². The summed E-state index contributed by atoms with van der Waals surface area (Å²) in [4.78, 5) is 55.9. The number of nitrogens with zero attached hydrogens (tertiary/aromatic N) is 8. The van der Waals surface area contributed by atoms with Crippen LogP contribution in [0.1, 0.15) is 46.2 Å². The zero-order chi connectivity index (χ0) is 30.9. The highest BCUT2D eigenvalue weighted by atomic mass is 16.7. The molecule has 1 N–H and O–H groups in total. The number of piperidine rings is 1. The summed E-state index contributed by atoms with van der Waals surface area (Å²) in [7, 11) is 1.55. The predicted molar refractivity (Wildman–Crippen MR) is 161 cm³/mol. The number of rotatable bonds is 7. The minimum atomic E-state index is -0.593. The van der Waals surface area contributed by atoms with Gasteiger partial charge in [-0.05, 0) is 52.7 Å². The Kier molecular flexibility index (Phi) is 8.08. The lowest BCUT2D eigenvalue weighted by molar-refractivity contribution is -0.250. The Morgan fingerprint density at radius 3 is 2.67 bits per heavy atom. The molecule has 4 aromatic rings. The van der Waals surface area contributed by atoms with E-state index >= 15 is 0 Å². The van der Waals surface area contributed by atoms with Gasteiger partial charge < -0.3 is 10.0 Å². The molecule has 3 aromatic heterocycles. The van der Waals surface area contributed by atoms with E-state index in [0.29, 0.717) is 31.0 Å². The molecule has 1 aliphatic heterocycles. The van der Waals surface area contributed by atoms with Crippen LogP contribution in [-0.2, 0) is 29.8 Å². The number of hydrazone groups is 1. The first-order valence-electron chi connectivity index (χ1n) is 14.0. The first-order valence-corrected chi connectivity index (χ1v) is 14.0. The highest BCUT2D eigenvalue weighted by Gasteiger charge is 2.32. The van der Waals surface area contributed by atoms with Gasteiger partial charge in [0.05, 0.1) is 30.2 Å². The number of hydroxylamine groups is 1. The Morgan fingerprint density at radius 2 is 1.95 bits per heavy atom. The number of aromatic nitrogens is 5. The standard InChI is InChI=1S/C30H34N8O5/c1-6-7-15-36-25-26(33-28(36)35-14-10-12-21(17-35)38(31-19-39)43-30(2,3)4)34(5)29(42)37(27(25)41)18-23-24(40)16-20-11-8-9-13-22(20)32-23/h8-9,11,13,16,21,40H,10,12,14-15,17-18H2,1-5H3/t21-/m1/s1. The molecule has 1 fully saturated rings. The molecule has 0 radical (unpaired) electrons. The SMILES string of the molecule is CC#CCn1c(N2CCC[C@@H](N(N=C=O)OC(C)(C)C)C2)nc2c1c(=O)n(Cc1nc3ccccc3cc1O)c(=O)n2C. The number of hydrogen-bond donors (Lipinski definition) is 1. The van der Waals surface area contributed by atoms with Crippen LogP contribution in [0.3, 0.4) is 0 Å². The van der Waals surface area contributed by atoms with E-state index in [2.05, 4.69) is 21.9 Å². The van der Waals surface area contributed by atoms with Crippen molar-refractivity contribution in [2.75, 3.05) is 18.0 Å². The third-order valence-electron chi connectivity index (χ3n) is 7.21. The maximum Gasteiger partial charge on any atom is 0.332 e. The van der Waals surface area contributed by atoms with Gasteiger partial charge in [0, 0.05) is 25.5 Å². The number of benzene rings is 1.